The van der Waals surface area contributed by atoms with E-state index in [0.29, 0.717) is 17.1 Å². The number of hydrogen-bond donors (Lipinski definition) is 2. The molecule has 6 nitrogen and oxygen atoms in total. The van der Waals surface area contributed by atoms with Gasteiger partial charge in [-0.1, -0.05) is 0 Å². The molecule has 0 aliphatic carbocycles. The van der Waals surface area contributed by atoms with Gasteiger partial charge in [0.05, 0.1) is 12.2 Å². The summed E-state index contributed by atoms with van der Waals surface area (Å²) in [5.41, 5.74) is 0.354. The van der Waals surface area contributed by atoms with Crippen molar-refractivity contribution in [1.29, 1.82) is 0 Å². The highest BCUT2D eigenvalue weighted by Crippen LogP contribution is 2.41. The molecule has 27 heavy (non-hydrogen) atoms. The molecule has 0 fully saturated rings. The van der Waals surface area contributed by atoms with Gasteiger partial charge in [0.25, 0.3) is 0 Å². The highest BCUT2D eigenvalue weighted by atomic mass is 16.5. The lowest BCUT2D eigenvalue weighted by Gasteiger charge is -2.14. The van der Waals surface area contributed by atoms with Crippen LogP contribution in [0.25, 0.3) is 22.3 Å². The zero-order valence-electron chi connectivity index (χ0n) is 15.6. The Morgan fingerprint density at radius 1 is 0.889 bits per heavy atom. The molecule has 1 heterocycles. The molecule has 0 atom stereocenters. The van der Waals surface area contributed by atoms with Crippen LogP contribution in [-0.2, 0) is 0 Å². The van der Waals surface area contributed by atoms with Gasteiger partial charge in [0.15, 0.2) is 16.9 Å². The molecular formula is C21H22O6. The third-order valence-electron chi connectivity index (χ3n) is 3.80. The smallest absolute Gasteiger partial charge is 0.201 e. The number of ether oxygens (including phenoxy) is 2. The van der Waals surface area contributed by atoms with E-state index in [1.165, 1.54) is 12.1 Å². The minimum Gasteiger partial charge on any atom is -0.504 e. The molecule has 0 aliphatic rings. The van der Waals surface area contributed by atoms with E-state index in [-0.39, 0.29) is 28.9 Å². The van der Waals surface area contributed by atoms with Gasteiger partial charge >= 0.3 is 0 Å². The Kier molecular flexibility index (Phi) is 4.99. The number of aromatic hydroxyl groups is 2. The van der Waals surface area contributed by atoms with Crippen molar-refractivity contribution in [2.24, 2.45) is 0 Å². The lowest BCUT2D eigenvalue weighted by Crippen LogP contribution is -2.07. The van der Waals surface area contributed by atoms with E-state index in [1.54, 1.807) is 38.1 Å². The standard InChI is InChI=1S/C21H22O6/c1-11(2)25-14-7-5-13(6-8-14)16-9-15(22)19-17(27-16)10-18(26-12(3)4)20(23)21(19)24/h5-12,23-24H,1-4H3. The molecule has 1 aromatic heterocycles. The van der Waals surface area contributed by atoms with E-state index in [0.717, 1.165) is 0 Å². The van der Waals surface area contributed by atoms with Crippen molar-refractivity contribution in [2.75, 3.05) is 0 Å². The Bertz CT molecular complexity index is 1020. The van der Waals surface area contributed by atoms with E-state index in [1.807, 2.05) is 13.8 Å². The molecule has 3 aromatic rings. The Hall–Kier alpha value is -3.15. The number of benzene rings is 2. The maximum absolute atomic E-state index is 12.5. The molecule has 6 heteroatoms. The summed E-state index contributed by atoms with van der Waals surface area (Å²) in [6.45, 7) is 7.45. The maximum Gasteiger partial charge on any atom is 0.201 e. The van der Waals surface area contributed by atoms with Crippen molar-refractivity contribution in [2.45, 2.75) is 39.9 Å². The Balaban J connectivity index is 2.10. The lowest BCUT2D eigenvalue weighted by molar-refractivity contribution is 0.229. The molecule has 0 amide bonds. The van der Waals surface area contributed by atoms with Crippen molar-refractivity contribution >= 4 is 11.0 Å². The first-order chi connectivity index (χ1) is 12.8. The molecule has 0 saturated carbocycles. The molecule has 3 rings (SSSR count). The number of phenolic OH excluding ortho intramolecular Hbond substituents is 2. The second-order valence-electron chi connectivity index (χ2n) is 6.78. The molecule has 2 aromatic carbocycles. The highest BCUT2D eigenvalue weighted by molar-refractivity contribution is 5.89. The fourth-order valence-electron chi connectivity index (χ4n) is 2.73. The van der Waals surface area contributed by atoms with E-state index >= 15 is 0 Å². The third-order valence-corrected chi connectivity index (χ3v) is 3.80. The summed E-state index contributed by atoms with van der Waals surface area (Å²) in [7, 11) is 0. The van der Waals surface area contributed by atoms with Crippen LogP contribution >= 0.6 is 0 Å². The lowest BCUT2D eigenvalue weighted by atomic mass is 10.1. The molecular weight excluding hydrogens is 348 g/mol. The van der Waals surface area contributed by atoms with Crippen LogP contribution in [0.2, 0.25) is 0 Å². The van der Waals surface area contributed by atoms with E-state index < -0.39 is 16.9 Å². The second-order valence-corrected chi connectivity index (χ2v) is 6.78. The summed E-state index contributed by atoms with van der Waals surface area (Å²) in [6, 6.07) is 9.85. The average molecular weight is 370 g/mol. The van der Waals surface area contributed by atoms with E-state index in [2.05, 4.69) is 0 Å². The Labute approximate surface area is 156 Å². The van der Waals surface area contributed by atoms with E-state index in [9.17, 15) is 15.0 Å². The van der Waals surface area contributed by atoms with Crippen molar-refractivity contribution in [1.82, 2.24) is 0 Å². The van der Waals surface area contributed by atoms with Crippen LogP contribution < -0.4 is 14.9 Å². The topological polar surface area (TPSA) is 89.1 Å². The van der Waals surface area contributed by atoms with Crippen molar-refractivity contribution < 1.29 is 24.1 Å². The minimum absolute atomic E-state index is 0.0518. The van der Waals surface area contributed by atoms with Gasteiger partial charge in [-0.25, -0.2) is 0 Å². The quantitative estimate of drug-likeness (QED) is 0.645. The van der Waals surface area contributed by atoms with Crippen molar-refractivity contribution in [3.05, 3.63) is 46.6 Å². The van der Waals surface area contributed by atoms with Crippen LogP contribution in [0.15, 0.2) is 45.6 Å². The molecule has 0 bridgehead atoms. The molecule has 2 N–H and O–H groups in total. The Morgan fingerprint density at radius 2 is 1.52 bits per heavy atom. The first-order valence-corrected chi connectivity index (χ1v) is 8.72. The zero-order chi connectivity index (χ0) is 19.7. The molecule has 142 valence electrons. The predicted molar refractivity (Wildman–Crippen MR) is 103 cm³/mol. The average Bonchev–Trinajstić information content (AvgIpc) is 2.58. The molecule has 0 spiro atoms. The van der Waals surface area contributed by atoms with E-state index in [4.69, 9.17) is 13.9 Å². The summed E-state index contributed by atoms with van der Waals surface area (Å²) < 4.78 is 16.9. The molecule has 0 unspecified atom stereocenters. The maximum atomic E-state index is 12.5. The summed E-state index contributed by atoms with van der Waals surface area (Å²) in [4.78, 5) is 12.5. The van der Waals surface area contributed by atoms with Gasteiger partial charge in [-0.15, -0.1) is 0 Å². The van der Waals surface area contributed by atoms with Gasteiger partial charge in [0, 0.05) is 17.7 Å². The SMILES string of the molecule is CC(C)Oc1ccc(-c2cc(=O)c3c(O)c(O)c(OC(C)C)cc3o2)cc1. The predicted octanol–water partition coefficient (Wildman–Crippen LogP) is 4.45. The van der Waals surface area contributed by atoms with Gasteiger partial charge in [-0.05, 0) is 52.0 Å². The van der Waals surface area contributed by atoms with Gasteiger partial charge in [0.1, 0.15) is 22.5 Å². The number of phenols is 2. The van der Waals surface area contributed by atoms with Crippen LogP contribution in [0.3, 0.4) is 0 Å². The number of rotatable bonds is 5. The second kappa shape index (κ2) is 7.23. The minimum atomic E-state index is -0.552. The number of fused-ring (bicyclic) bond motifs is 1. The van der Waals surface area contributed by atoms with Crippen molar-refractivity contribution in [3.8, 4) is 34.3 Å². The first-order valence-electron chi connectivity index (χ1n) is 8.72. The van der Waals surface area contributed by atoms with Gasteiger partial charge < -0.3 is 24.1 Å². The van der Waals surface area contributed by atoms with Crippen LogP contribution in [0.4, 0.5) is 0 Å². The summed E-state index contributed by atoms with van der Waals surface area (Å²) >= 11 is 0. The fraction of sp³-hybridized carbons (Fsp3) is 0.286. The molecule has 0 saturated heterocycles. The van der Waals surface area contributed by atoms with Gasteiger partial charge in [-0.3, -0.25) is 4.79 Å². The molecule has 0 aliphatic heterocycles. The van der Waals surface area contributed by atoms with Crippen LogP contribution in [-0.4, -0.2) is 22.4 Å². The first kappa shape index (κ1) is 18.6. The van der Waals surface area contributed by atoms with Gasteiger partial charge in [-0.2, -0.15) is 0 Å². The van der Waals surface area contributed by atoms with Crippen LogP contribution in [0.1, 0.15) is 27.7 Å². The van der Waals surface area contributed by atoms with Crippen molar-refractivity contribution in [3.63, 3.8) is 0 Å². The number of hydrogen-bond acceptors (Lipinski definition) is 6. The summed E-state index contributed by atoms with van der Waals surface area (Å²) in [6.07, 6.45) is -0.166. The monoisotopic (exact) mass is 370 g/mol. The largest absolute Gasteiger partial charge is 0.504 e. The zero-order valence-corrected chi connectivity index (χ0v) is 15.6. The van der Waals surface area contributed by atoms with Crippen LogP contribution in [0.5, 0.6) is 23.0 Å². The Morgan fingerprint density at radius 3 is 2.11 bits per heavy atom. The van der Waals surface area contributed by atoms with Gasteiger partial charge in [0.2, 0.25) is 5.75 Å². The third kappa shape index (κ3) is 3.84. The fourth-order valence-corrected chi connectivity index (χ4v) is 2.73. The normalized spacial score (nSPS) is 11.3. The summed E-state index contributed by atoms with van der Waals surface area (Å²) in [5, 5.41) is 20.2. The molecule has 0 radical (unpaired) electrons. The highest BCUT2D eigenvalue weighted by Gasteiger charge is 2.19. The summed E-state index contributed by atoms with van der Waals surface area (Å²) in [5.74, 6) is 0.0720. The van der Waals surface area contributed by atoms with Crippen LogP contribution in [0, 0.1) is 0 Å².